The number of benzene rings is 2. The number of aliphatic hydroxyl groups excluding tert-OH is 1. The lowest BCUT2D eigenvalue weighted by molar-refractivity contribution is -0.132. The number of anilines is 1. The van der Waals surface area contributed by atoms with Gasteiger partial charge in [-0.05, 0) is 74.0 Å². The van der Waals surface area contributed by atoms with Crippen molar-refractivity contribution < 1.29 is 33.7 Å². The van der Waals surface area contributed by atoms with E-state index in [0.717, 1.165) is 0 Å². The largest absolute Gasteiger partial charge is 0.507 e. The number of hydrogen-bond donors (Lipinski definition) is 1. The van der Waals surface area contributed by atoms with Crippen LogP contribution in [0.4, 0.5) is 5.69 Å². The Bertz CT molecular complexity index is 1370. The van der Waals surface area contributed by atoms with Gasteiger partial charge in [-0.2, -0.15) is 0 Å². The summed E-state index contributed by atoms with van der Waals surface area (Å²) in [5.74, 6) is -1.73. The van der Waals surface area contributed by atoms with Gasteiger partial charge in [-0.15, -0.1) is 0 Å². The Morgan fingerprint density at radius 3 is 2.14 bits per heavy atom. The second-order valence-electron chi connectivity index (χ2n) is 8.52. The first-order valence-electron chi connectivity index (χ1n) is 11.5. The lowest BCUT2D eigenvalue weighted by Gasteiger charge is -2.25. The normalized spacial score (nSPS) is 16.7. The number of esters is 1. The average molecular weight is 503 g/mol. The van der Waals surface area contributed by atoms with Crippen LogP contribution in [0, 0.1) is 0 Å². The number of pyridine rings is 1. The quantitative estimate of drug-likeness (QED) is 0.220. The molecule has 1 amide bonds. The van der Waals surface area contributed by atoms with Gasteiger partial charge in [0.1, 0.15) is 5.76 Å². The zero-order chi connectivity index (χ0) is 26.7. The second kappa shape index (κ2) is 10.5. The van der Waals surface area contributed by atoms with Crippen LogP contribution in [0.15, 0.2) is 72.6 Å². The Balaban J connectivity index is 1.83. The smallest absolute Gasteiger partial charge is 0.338 e. The number of Topliss-reactive ketones (excluding diaryl/α,β-unsaturated/α-hetero) is 1. The van der Waals surface area contributed by atoms with Crippen LogP contribution in [0.3, 0.4) is 0 Å². The zero-order valence-corrected chi connectivity index (χ0v) is 20.8. The first-order valence-corrected chi connectivity index (χ1v) is 11.5. The Kier molecular flexibility index (Phi) is 7.24. The molecular formula is C28H26N2O7. The van der Waals surface area contributed by atoms with Crippen LogP contribution in [0.5, 0.6) is 11.5 Å². The number of nitrogens with zero attached hydrogens (tertiary/aromatic N) is 2. The first-order chi connectivity index (χ1) is 17.8. The van der Waals surface area contributed by atoms with E-state index >= 15 is 0 Å². The molecule has 0 saturated carbocycles. The minimum absolute atomic E-state index is 0.0910. The van der Waals surface area contributed by atoms with Crippen LogP contribution in [0.1, 0.15) is 41.4 Å². The number of aliphatic hydroxyl groups is 1. The van der Waals surface area contributed by atoms with Crippen molar-refractivity contribution in [2.75, 3.05) is 19.1 Å². The van der Waals surface area contributed by atoms with Crippen molar-refractivity contribution in [1.29, 1.82) is 0 Å². The van der Waals surface area contributed by atoms with E-state index in [1.165, 1.54) is 49.7 Å². The highest BCUT2D eigenvalue weighted by Crippen LogP contribution is 2.42. The fourth-order valence-electron chi connectivity index (χ4n) is 4.14. The van der Waals surface area contributed by atoms with Crippen molar-refractivity contribution in [3.63, 3.8) is 0 Å². The molecule has 1 unspecified atom stereocenters. The second-order valence-corrected chi connectivity index (χ2v) is 8.52. The van der Waals surface area contributed by atoms with Crippen molar-refractivity contribution in [2.24, 2.45) is 0 Å². The summed E-state index contributed by atoms with van der Waals surface area (Å²) in [5.41, 5.74) is 1.43. The van der Waals surface area contributed by atoms with Crippen LogP contribution in [0.2, 0.25) is 0 Å². The predicted octanol–water partition coefficient (Wildman–Crippen LogP) is 4.29. The standard InChI is InChI=1S/C28H26N2O7/c1-16(2)37-28(34)18-5-8-20(9-6-18)30-24(17-11-13-29-14-12-17)23(26(32)27(30)33)25(31)19-7-10-21(35-3)22(15-19)36-4/h5-16,24,31H,1-4H3/b25-23-. The Morgan fingerprint density at radius 1 is 0.919 bits per heavy atom. The lowest BCUT2D eigenvalue weighted by Crippen LogP contribution is -2.29. The Labute approximate surface area is 213 Å². The summed E-state index contributed by atoms with van der Waals surface area (Å²) in [6, 6.07) is 13.3. The predicted molar refractivity (Wildman–Crippen MR) is 136 cm³/mol. The van der Waals surface area contributed by atoms with Crippen molar-refractivity contribution in [2.45, 2.75) is 26.0 Å². The average Bonchev–Trinajstić information content (AvgIpc) is 3.18. The minimum atomic E-state index is -0.940. The third-order valence-corrected chi connectivity index (χ3v) is 5.85. The highest BCUT2D eigenvalue weighted by Gasteiger charge is 2.47. The van der Waals surface area contributed by atoms with Gasteiger partial charge in [-0.3, -0.25) is 19.5 Å². The van der Waals surface area contributed by atoms with Gasteiger partial charge >= 0.3 is 5.97 Å². The number of amides is 1. The van der Waals surface area contributed by atoms with Crippen LogP contribution >= 0.6 is 0 Å². The van der Waals surface area contributed by atoms with E-state index in [9.17, 15) is 19.5 Å². The van der Waals surface area contributed by atoms with Gasteiger partial charge in [0.2, 0.25) is 0 Å². The van der Waals surface area contributed by atoms with E-state index in [2.05, 4.69) is 4.98 Å². The van der Waals surface area contributed by atoms with Crippen LogP contribution in [-0.2, 0) is 14.3 Å². The molecule has 0 spiro atoms. The number of carbonyl (C=O) groups excluding carboxylic acids is 3. The third-order valence-electron chi connectivity index (χ3n) is 5.85. The maximum absolute atomic E-state index is 13.3. The lowest BCUT2D eigenvalue weighted by atomic mass is 9.95. The molecule has 2 aromatic carbocycles. The zero-order valence-electron chi connectivity index (χ0n) is 20.8. The molecule has 1 aliphatic rings. The summed E-state index contributed by atoms with van der Waals surface area (Å²) in [7, 11) is 2.94. The molecule has 9 nitrogen and oxygen atoms in total. The molecule has 1 aromatic heterocycles. The van der Waals surface area contributed by atoms with Crippen molar-refractivity contribution >= 4 is 29.1 Å². The van der Waals surface area contributed by atoms with Crippen molar-refractivity contribution in [1.82, 2.24) is 4.98 Å². The first kappa shape index (κ1) is 25.4. The van der Waals surface area contributed by atoms with Gasteiger partial charge < -0.3 is 19.3 Å². The maximum atomic E-state index is 13.3. The van der Waals surface area contributed by atoms with Crippen LogP contribution < -0.4 is 14.4 Å². The van der Waals surface area contributed by atoms with Crippen LogP contribution in [0.25, 0.3) is 5.76 Å². The maximum Gasteiger partial charge on any atom is 0.338 e. The molecule has 1 N–H and O–H groups in total. The summed E-state index contributed by atoms with van der Waals surface area (Å²) >= 11 is 0. The minimum Gasteiger partial charge on any atom is -0.507 e. The van der Waals surface area contributed by atoms with E-state index in [4.69, 9.17) is 14.2 Å². The van der Waals surface area contributed by atoms with E-state index < -0.39 is 23.7 Å². The fraction of sp³-hybridized carbons (Fsp3) is 0.214. The van der Waals surface area contributed by atoms with Gasteiger partial charge in [0, 0.05) is 23.6 Å². The summed E-state index contributed by atoms with van der Waals surface area (Å²) in [6.07, 6.45) is 2.79. The van der Waals surface area contributed by atoms with Crippen LogP contribution in [-0.4, -0.2) is 48.1 Å². The molecule has 0 bridgehead atoms. The van der Waals surface area contributed by atoms with E-state index in [1.807, 2.05) is 0 Å². The van der Waals surface area contributed by atoms with Gasteiger partial charge in [0.25, 0.3) is 11.7 Å². The van der Waals surface area contributed by atoms with E-state index in [0.29, 0.717) is 28.3 Å². The molecule has 0 aliphatic carbocycles. The summed E-state index contributed by atoms with van der Waals surface area (Å²) in [6.45, 7) is 3.50. The SMILES string of the molecule is COc1ccc(/C(O)=C2/C(=O)C(=O)N(c3ccc(C(=O)OC(C)C)cc3)C2c2ccncc2)cc1OC. The van der Waals surface area contributed by atoms with Crippen molar-refractivity contribution in [3.8, 4) is 11.5 Å². The Morgan fingerprint density at radius 2 is 1.54 bits per heavy atom. The molecular weight excluding hydrogens is 476 g/mol. The molecule has 9 heteroatoms. The monoisotopic (exact) mass is 502 g/mol. The number of aromatic nitrogens is 1. The number of rotatable bonds is 7. The molecule has 3 aromatic rings. The van der Waals surface area contributed by atoms with Gasteiger partial charge in [-0.25, -0.2) is 4.79 Å². The molecule has 0 radical (unpaired) electrons. The van der Waals surface area contributed by atoms with Gasteiger partial charge in [0.05, 0.1) is 37.5 Å². The topological polar surface area (TPSA) is 115 Å². The highest BCUT2D eigenvalue weighted by molar-refractivity contribution is 6.51. The molecule has 1 fully saturated rings. The highest BCUT2D eigenvalue weighted by atomic mass is 16.5. The van der Waals surface area contributed by atoms with E-state index in [-0.39, 0.29) is 23.0 Å². The molecule has 37 heavy (non-hydrogen) atoms. The molecule has 1 aliphatic heterocycles. The Hall–Kier alpha value is -4.66. The fourth-order valence-corrected chi connectivity index (χ4v) is 4.14. The molecule has 4 rings (SSSR count). The van der Waals surface area contributed by atoms with Crippen molar-refractivity contribution in [3.05, 3.63) is 89.3 Å². The number of ketones is 1. The van der Waals surface area contributed by atoms with Gasteiger partial charge in [0.15, 0.2) is 11.5 Å². The number of ether oxygens (including phenoxy) is 3. The summed E-state index contributed by atoms with van der Waals surface area (Å²) < 4.78 is 15.8. The molecule has 190 valence electrons. The molecule has 1 atom stereocenters. The number of hydrogen-bond acceptors (Lipinski definition) is 8. The summed E-state index contributed by atoms with van der Waals surface area (Å²) in [4.78, 5) is 44.2. The molecule has 1 saturated heterocycles. The summed E-state index contributed by atoms with van der Waals surface area (Å²) in [5, 5.41) is 11.3. The van der Waals surface area contributed by atoms with Gasteiger partial charge in [-0.1, -0.05) is 0 Å². The number of methoxy groups -OCH3 is 2. The number of carbonyl (C=O) groups is 3. The third kappa shape index (κ3) is 4.88. The molecule has 2 heterocycles. The van der Waals surface area contributed by atoms with E-state index in [1.54, 1.807) is 50.2 Å².